The van der Waals surface area contributed by atoms with Crippen LogP contribution in [-0.2, 0) is 12.3 Å². The third kappa shape index (κ3) is 3.96. The lowest BCUT2D eigenvalue weighted by atomic mass is 10.1. The topological polar surface area (TPSA) is 34.9 Å². The number of nitrogens with zero attached hydrogens (tertiary/aromatic N) is 2. The van der Waals surface area contributed by atoms with Crippen LogP contribution in [0.1, 0.15) is 16.7 Å². The first-order valence-electron chi connectivity index (χ1n) is 8.92. The standard InChI is InChI=1S/C23H20N2OS/c1-17-12-13-21-20(14-17)22(26)25(15-18-8-4-2-5-9-18)23(24-21)27-16-19-10-6-3-7-11-19/h2-14H,15-16H2,1H3. The van der Waals surface area contributed by atoms with E-state index < -0.39 is 0 Å². The Morgan fingerprint density at radius 3 is 2.26 bits per heavy atom. The van der Waals surface area contributed by atoms with Gasteiger partial charge in [0, 0.05) is 5.75 Å². The Kier molecular flexibility index (Phi) is 5.07. The average Bonchev–Trinajstić information content (AvgIpc) is 2.71. The van der Waals surface area contributed by atoms with Crippen LogP contribution in [0.5, 0.6) is 0 Å². The number of fused-ring (bicyclic) bond motifs is 1. The molecule has 0 fully saturated rings. The van der Waals surface area contributed by atoms with Crippen LogP contribution in [0.25, 0.3) is 10.9 Å². The van der Waals surface area contributed by atoms with Crippen molar-refractivity contribution in [1.82, 2.24) is 9.55 Å². The van der Waals surface area contributed by atoms with Crippen LogP contribution in [0.4, 0.5) is 0 Å². The number of hydrogen-bond donors (Lipinski definition) is 0. The van der Waals surface area contributed by atoms with E-state index in [2.05, 4.69) is 12.1 Å². The first-order chi connectivity index (χ1) is 13.2. The van der Waals surface area contributed by atoms with Gasteiger partial charge in [0.15, 0.2) is 5.16 Å². The van der Waals surface area contributed by atoms with Crippen LogP contribution in [0, 0.1) is 6.92 Å². The summed E-state index contributed by atoms with van der Waals surface area (Å²) in [7, 11) is 0. The number of aryl methyl sites for hydroxylation is 1. The van der Waals surface area contributed by atoms with Gasteiger partial charge in [-0.15, -0.1) is 0 Å². The highest BCUT2D eigenvalue weighted by Crippen LogP contribution is 2.23. The van der Waals surface area contributed by atoms with Gasteiger partial charge in [-0.1, -0.05) is 84.1 Å². The van der Waals surface area contributed by atoms with Crippen LogP contribution >= 0.6 is 11.8 Å². The van der Waals surface area contributed by atoms with Crippen molar-refractivity contribution in [2.24, 2.45) is 0 Å². The molecule has 3 aromatic carbocycles. The largest absolute Gasteiger partial charge is 0.283 e. The van der Waals surface area contributed by atoms with Crippen molar-refractivity contribution < 1.29 is 0 Å². The summed E-state index contributed by atoms with van der Waals surface area (Å²) in [5.74, 6) is 0.777. The molecule has 0 aliphatic carbocycles. The molecule has 134 valence electrons. The molecule has 4 heteroatoms. The molecule has 0 bridgehead atoms. The Morgan fingerprint density at radius 1 is 0.889 bits per heavy atom. The van der Waals surface area contributed by atoms with E-state index in [4.69, 9.17) is 4.98 Å². The molecule has 0 atom stereocenters. The molecule has 0 saturated carbocycles. The summed E-state index contributed by atoms with van der Waals surface area (Å²) < 4.78 is 1.80. The molecule has 0 aliphatic rings. The molecule has 0 N–H and O–H groups in total. The molecule has 0 radical (unpaired) electrons. The Hall–Kier alpha value is -2.85. The number of benzene rings is 3. The van der Waals surface area contributed by atoms with Gasteiger partial charge in [0.25, 0.3) is 5.56 Å². The lowest BCUT2D eigenvalue weighted by molar-refractivity contribution is 0.658. The molecule has 1 heterocycles. The minimum Gasteiger partial charge on any atom is -0.283 e. The first-order valence-corrected chi connectivity index (χ1v) is 9.91. The molecule has 1 aromatic heterocycles. The summed E-state index contributed by atoms with van der Waals surface area (Å²) in [6.45, 7) is 2.52. The van der Waals surface area contributed by atoms with Crippen molar-refractivity contribution in [1.29, 1.82) is 0 Å². The minimum atomic E-state index is 0.0168. The average molecular weight is 372 g/mol. The van der Waals surface area contributed by atoms with E-state index in [1.165, 1.54) is 5.56 Å². The maximum atomic E-state index is 13.2. The second-order valence-electron chi connectivity index (χ2n) is 6.57. The molecule has 0 saturated heterocycles. The highest BCUT2D eigenvalue weighted by Gasteiger charge is 2.12. The van der Waals surface area contributed by atoms with E-state index in [-0.39, 0.29) is 5.56 Å². The van der Waals surface area contributed by atoms with Crippen molar-refractivity contribution in [2.45, 2.75) is 24.4 Å². The van der Waals surface area contributed by atoms with Crippen molar-refractivity contribution in [3.63, 3.8) is 0 Å². The quantitative estimate of drug-likeness (QED) is 0.363. The number of rotatable bonds is 5. The Balaban J connectivity index is 1.78. The van der Waals surface area contributed by atoms with Crippen molar-refractivity contribution in [3.05, 3.63) is 106 Å². The minimum absolute atomic E-state index is 0.0168. The summed E-state index contributed by atoms with van der Waals surface area (Å²) in [6, 6.07) is 26.2. The molecule has 4 rings (SSSR count). The second-order valence-corrected chi connectivity index (χ2v) is 7.51. The zero-order chi connectivity index (χ0) is 18.6. The van der Waals surface area contributed by atoms with Crippen LogP contribution in [0.2, 0.25) is 0 Å². The fraction of sp³-hybridized carbons (Fsp3) is 0.130. The summed E-state index contributed by atoms with van der Waals surface area (Å²) in [5.41, 5.74) is 4.15. The number of aromatic nitrogens is 2. The van der Waals surface area contributed by atoms with Gasteiger partial charge in [0.05, 0.1) is 17.4 Å². The molecular weight excluding hydrogens is 352 g/mol. The Morgan fingerprint density at radius 2 is 1.56 bits per heavy atom. The summed E-state index contributed by atoms with van der Waals surface area (Å²) in [4.78, 5) is 18.0. The van der Waals surface area contributed by atoms with Crippen molar-refractivity contribution >= 4 is 22.7 Å². The predicted octanol–water partition coefficient (Wildman–Crippen LogP) is 5.05. The second kappa shape index (κ2) is 7.80. The maximum Gasteiger partial charge on any atom is 0.262 e. The lowest BCUT2D eigenvalue weighted by Crippen LogP contribution is -2.24. The van der Waals surface area contributed by atoms with Gasteiger partial charge in [-0.05, 0) is 30.2 Å². The van der Waals surface area contributed by atoms with E-state index in [0.29, 0.717) is 11.9 Å². The molecule has 4 aromatic rings. The van der Waals surface area contributed by atoms with Gasteiger partial charge >= 0.3 is 0 Å². The first kappa shape index (κ1) is 17.6. The van der Waals surface area contributed by atoms with Gasteiger partial charge in [-0.25, -0.2) is 4.98 Å². The normalized spacial score (nSPS) is 11.0. The van der Waals surface area contributed by atoms with Crippen LogP contribution < -0.4 is 5.56 Å². The van der Waals surface area contributed by atoms with Gasteiger partial charge in [0.1, 0.15) is 0 Å². The van der Waals surface area contributed by atoms with Crippen molar-refractivity contribution in [3.8, 4) is 0 Å². The van der Waals surface area contributed by atoms with E-state index >= 15 is 0 Å². The third-order valence-electron chi connectivity index (χ3n) is 4.47. The fourth-order valence-electron chi connectivity index (χ4n) is 3.05. The zero-order valence-corrected chi connectivity index (χ0v) is 15.9. The van der Waals surface area contributed by atoms with Crippen LogP contribution in [-0.4, -0.2) is 9.55 Å². The van der Waals surface area contributed by atoms with Crippen molar-refractivity contribution in [2.75, 3.05) is 0 Å². The summed E-state index contributed by atoms with van der Waals surface area (Å²) in [6.07, 6.45) is 0. The molecular formula is C23H20N2OS. The van der Waals surface area contributed by atoms with E-state index in [9.17, 15) is 4.79 Å². The summed E-state index contributed by atoms with van der Waals surface area (Å²) >= 11 is 1.60. The van der Waals surface area contributed by atoms with Crippen LogP contribution in [0.3, 0.4) is 0 Å². The number of hydrogen-bond acceptors (Lipinski definition) is 3. The lowest BCUT2D eigenvalue weighted by Gasteiger charge is -2.13. The monoisotopic (exact) mass is 372 g/mol. The molecule has 3 nitrogen and oxygen atoms in total. The maximum absolute atomic E-state index is 13.2. The predicted molar refractivity (Wildman–Crippen MR) is 112 cm³/mol. The Bertz CT molecular complexity index is 1120. The van der Waals surface area contributed by atoms with Gasteiger partial charge in [-0.3, -0.25) is 9.36 Å². The molecule has 0 unspecified atom stereocenters. The third-order valence-corrected chi connectivity index (χ3v) is 5.52. The molecule has 0 amide bonds. The number of thioether (sulfide) groups is 1. The van der Waals surface area contributed by atoms with E-state index in [1.54, 1.807) is 16.3 Å². The van der Waals surface area contributed by atoms with Gasteiger partial charge in [-0.2, -0.15) is 0 Å². The van der Waals surface area contributed by atoms with E-state index in [0.717, 1.165) is 27.6 Å². The SMILES string of the molecule is Cc1ccc2nc(SCc3ccccc3)n(Cc3ccccc3)c(=O)c2c1. The highest BCUT2D eigenvalue weighted by molar-refractivity contribution is 7.98. The molecule has 0 aliphatic heterocycles. The highest BCUT2D eigenvalue weighted by atomic mass is 32.2. The Labute approximate surface area is 162 Å². The fourth-order valence-corrected chi connectivity index (χ4v) is 4.01. The van der Waals surface area contributed by atoms with Gasteiger partial charge in [0.2, 0.25) is 0 Å². The smallest absolute Gasteiger partial charge is 0.262 e. The molecule has 27 heavy (non-hydrogen) atoms. The zero-order valence-electron chi connectivity index (χ0n) is 15.1. The van der Waals surface area contributed by atoms with Gasteiger partial charge < -0.3 is 0 Å². The van der Waals surface area contributed by atoms with E-state index in [1.807, 2.05) is 73.7 Å². The molecule has 0 spiro atoms. The summed E-state index contributed by atoms with van der Waals surface area (Å²) in [5, 5.41) is 1.43. The van der Waals surface area contributed by atoms with Crippen LogP contribution in [0.15, 0.2) is 88.8 Å².